The maximum atomic E-state index is 4.72. The van der Waals surface area contributed by atoms with Crippen LogP contribution in [0.15, 0.2) is 37.4 Å². The van der Waals surface area contributed by atoms with Crippen molar-refractivity contribution in [1.29, 1.82) is 0 Å². The molecule has 0 aliphatic carbocycles. The van der Waals surface area contributed by atoms with Gasteiger partial charge in [-0.3, -0.25) is 0 Å². The largest absolute Gasteiger partial charge is 0.349 e. The summed E-state index contributed by atoms with van der Waals surface area (Å²) in [7, 11) is 0. The van der Waals surface area contributed by atoms with Crippen molar-refractivity contribution < 1.29 is 0 Å². The first kappa shape index (κ1) is 16.4. The van der Waals surface area contributed by atoms with E-state index in [1.165, 1.54) is 5.56 Å². The zero-order valence-corrected chi connectivity index (χ0v) is 12.9. The Labute approximate surface area is 123 Å². The predicted octanol–water partition coefficient (Wildman–Crippen LogP) is 3.32. The van der Waals surface area contributed by atoms with Crippen LogP contribution in [-0.2, 0) is 13.0 Å². The Morgan fingerprint density at radius 2 is 1.90 bits per heavy atom. The SMILES string of the molecule is C=CCN(CC=C)c1cc(CNCCC)cc(CC)n1. The van der Waals surface area contributed by atoms with E-state index >= 15 is 0 Å². The summed E-state index contributed by atoms with van der Waals surface area (Å²) >= 11 is 0. The van der Waals surface area contributed by atoms with E-state index in [2.05, 4.69) is 49.4 Å². The molecule has 0 saturated carbocycles. The predicted molar refractivity (Wildman–Crippen MR) is 88.2 cm³/mol. The fraction of sp³-hybridized carbons (Fsp3) is 0.471. The molecule has 3 nitrogen and oxygen atoms in total. The van der Waals surface area contributed by atoms with Crippen LogP contribution in [0.1, 0.15) is 31.5 Å². The third kappa shape index (κ3) is 5.17. The molecule has 1 aromatic heterocycles. The summed E-state index contributed by atoms with van der Waals surface area (Å²) in [6.45, 7) is 15.5. The highest BCUT2D eigenvalue weighted by Gasteiger charge is 2.08. The van der Waals surface area contributed by atoms with Gasteiger partial charge in [-0.2, -0.15) is 0 Å². The lowest BCUT2D eigenvalue weighted by atomic mass is 10.2. The molecule has 3 heteroatoms. The van der Waals surface area contributed by atoms with E-state index in [1.54, 1.807) is 0 Å². The van der Waals surface area contributed by atoms with Crippen LogP contribution in [0.2, 0.25) is 0 Å². The number of rotatable bonds is 10. The molecule has 0 saturated heterocycles. The van der Waals surface area contributed by atoms with Gasteiger partial charge in [0, 0.05) is 25.3 Å². The van der Waals surface area contributed by atoms with Crippen molar-refractivity contribution in [3.63, 3.8) is 0 Å². The Morgan fingerprint density at radius 1 is 1.20 bits per heavy atom. The fourth-order valence-electron chi connectivity index (χ4n) is 2.06. The van der Waals surface area contributed by atoms with Crippen LogP contribution >= 0.6 is 0 Å². The molecule has 1 heterocycles. The van der Waals surface area contributed by atoms with E-state index in [0.29, 0.717) is 0 Å². The Bertz CT molecular complexity index is 416. The molecule has 0 aliphatic heterocycles. The van der Waals surface area contributed by atoms with Crippen molar-refractivity contribution in [1.82, 2.24) is 10.3 Å². The minimum Gasteiger partial charge on any atom is -0.349 e. The van der Waals surface area contributed by atoms with Crippen LogP contribution < -0.4 is 10.2 Å². The van der Waals surface area contributed by atoms with Gasteiger partial charge in [-0.05, 0) is 37.1 Å². The van der Waals surface area contributed by atoms with Crippen LogP contribution in [-0.4, -0.2) is 24.6 Å². The molecular weight excluding hydrogens is 246 g/mol. The van der Waals surface area contributed by atoms with E-state index in [9.17, 15) is 0 Å². The first-order valence-electron chi connectivity index (χ1n) is 7.42. The van der Waals surface area contributed by atoms with Crippen molar-refractivity contribution >= 4 is 5.82 Å². The Kier molecular flexibility index (Phi) is 7.66. The number of hydrogen-bond acceptors (Lipinski definition) is 3. The van der Waals surface area contributed by atoms with E-state index in [0.717, 1.165) is 50.5 Å². The number of anilines is 1. The third-order valence-corrected chi connectivity index (χ3v) is 3.07. The van der Waals surface area contributed by atoms with Gasteiger partial charge < -0.3 is 10.2 Å². The summed E-state index contributed by atoms with van der Waals surface area (Å²) in [6.07, 6.45) is 5.90. The summed E-state index contributed by atoms with van der Waals surface area (Å²) in [5.74, 6) is 1.01. The van der Waals surface area contributed by atoms with Gasteiger partial charge in [0.2, 0.25) is 0 Å². The Balaban J connectivity index is 2.94. The van der Waals surface area contributed by atoms with Gasteiger partial charge in [-0.1, -0.05) is 26.0 Å². The minimum atomic E-state index is 0.786. The molecule has 0 atom stereocenters. The fourth-order valence-corrected chi connectivity index (χ4v) is 2.06. The quantitative estimate of drug-likeness (QED) is 0.523. The summed E-state index contributed by atoms with van der Waals surface area (Å²) in [5, 5.41) is 3.45. The second kappa shape index (κ2) is 9.32. The molecule has 1 N–H and O–H groups in total. The van der Waals surface area contributed by atoms with Crippen molar-refractivity contribution in [2.45, 2.75) is 33.2 Å². The zero-order chi connectivity index (χ0) is 14.8. The maximum Gasteiger partial charge on any atom is 0.129 e. The lowest BCUT2D eigenvalue weighted by Crippen LogP contribution is -2.25. The van der Waals surface area contributed by atoms with Crippen LogP contribution in [0, 0.1) is 0 Å². The van der Waals surface area contributed by atoms with Gasteiger partial charge in [0.15, 0.2) is 0 Å². The van der Waals surface area contributed by atoms with Gasteiger partial charge in [0.1, 0.15) is 5.82 Å². The molecule has 0 amide bonds. The number of nitrogens with zero attached hydrogens (tertiary/aromatic N) is 2. The zero-order valence-electron chi connectivity index (χ0n) is 12.9. The highest BCUT2D eigenvalue weighted by Crippen LogP contribution is 2.16. The molecule has 1 rings (SSSR count). The minimum absolute atomic E-state index is 0.786. The first-order valence-corrected chi connectivity index (χ1v) is 7.42. The molecule has 20 heavy (non-hydrogen) atoms. The highest BCUT2D eigenvalue weighted by atomic mass is 15.2. The topological polar surface area (TPSA) is 28.2 Å². The van der Waals surface area contributed by atoms with E-state index in [1.807, 2.05) is 12.2 Å². The molecular formula is C17H27N3. The Morgan fingerprint density at radius 3 is 2.45 bits per heavy atom. The van der Waals surface area contributed by atoms with E-state index in [-0.39, 0.29) is 0 Å². The van der Waals surface area contributed by atoms with Crippen molar-refractivity contribution in [2.75, 3.05) is 24.5 Å². The monoisotopic (exact) mass is 273 g/mol. The number of pyridine rings is 1. The summed E-state index contributed by atoms with van der Waals surface area (Å²) in [4.78, 5) is 6.90. The van der Waals surface area contributed by atoms with Crippen LogP contribution in [0.5, 0.6) is 0 Å². The molecule has 1 aromatic rings. The highest BCUT2D eigenvalue weighted by molar-refractivity contribution is 5.44. The number of aromatic nitrogens is 1. The molecule has 0 fully saturated rings. The summed E-state index contributed by atoms with van der Waals surface area (Å²) in [6, 6.07) is 4.35. The first-order chi connectivity index (χ1) is 9.74. The van der Waals surface area contributed by atoms with Gasteiger partial charge in [0.05, 0.1) is 0 Å². The standard InChI is InChI=1S/C17H27N3/c1-5-9-18-14-15-12-16(8-4)19-17(13-15)20(10-6-2)11-7-3/h6-7,12-13,18H,2-3,5,8-11,14H2,1,4H3. The molecule has 0 aliphatic rings. The van der Waals surface area contributed by atoms with Gasteiger partial charge >= 0.3 is 0 Å². The molecule has 0 unspecified atom stereocenters. The molecule has 110 valence electrons. The number of nitrogens with one attached hydrogen (secondary N) is 1. The van der Waals surface area contributed by atoms with Crippen molar-refractivity contribution in [2.24, 2.45) is 0 Å². The second-order valence-corrected chi connectivity index (χ2v) is 4.84. The van der Waals surface area contributed by atoms with Crippen molar-refractivity contribution in [3.8, 4) is 0 Å². The lowest BCUT2D eigenvalue weighted by Gasteiger charge is -2.22. The molecule has 0 bridgehead atoms. The molecule has 0 radical (unpaired) electrons. The lowest BCUT2D eigenvalue weighted by molar-refractivity contribution is 0.673. The third-order valence-electron chi connectivity index (χ3n) is 3.07. The second-order valence-electron chi connectivity index (χ2n) is 4.84. The molecule has 0 spiro atoms. The summed E-state index contributed by atoms with van der Waals surface area (Å²) < 4.78 is 0. The van der Waals surface area contributed by atoms with Crippen LogP contribution in [0.4, 0.5) is 5.82 Å². The Hall–Kier alpha value is -1.61. The van der Waals surface area contributed by atoms with Crippen LogP contribution in [0.3, 0.4) is 0 Å². The average Bonchev–Trinajstić information content (AvgIpc) is 2.47. The summed E-state index contributed by atoms with van der Waals surface area (Å²) in [5.41, 5.74) is 2.42. The maximum absolute atomic E-state index is 4.72. The van der Waals surface area contributed by atoms with E-state index in [4.69, 9.17) is 4.98 Å². The normalized spacial score (nSPS) is 10.3. The van der Waals surface area contributed by atoms with Gasteiger partial charge in [-0.15, -0.1) is 13.2 Å². The molecule has 0 aromatic carbocycles. The smallest absolute Gasteiger partial charge is 0.129 e. The number of aryl methyl sites for hydroxylation is 1. The van der Waals surface area contributed by atoms with Crippen molar-refractivity contribution in [3.05, 3.63) is 48.7 Å². The van der Waals surface area contributed by atoms with E-state index < -0.39 is 0 Å². The van der Waals surface area contributed by atoms with Gasteiger partial charge in [-0.25, -0.2) is 4.98 Å². The van der Waals surface area contributed by atoms with Crippen LogP contribution in [0.25, 0.3) is 0 Å². The number of hydrogen-bond donors (Lipinski definition) is 1. The van der Waals surface area contributed by atoms with Gasteiger partial charge in [0.25, 0.3) is 0 Å². The average molecular weight is 273 g/mol.